The molecule has 1 aromatic heterocycles. The Hall–Kier alpha value is -1.08. The summed E-state index contributed by atoms with van der Waals surface area (Å²) in [7, 11) is 0. The largest absolute Gasteiger partial charge is 0.416 e. The minimum atomic E-state index is -4.28. The lowest BCUT2D eigenvalue weighted by molar-refractivity contribution is -0.137. The van der Waals surface area contributed by atoms with Crippen LogP contribution in [0.5, 0.6) is 0 Å². The standard InChI is InChI=1S/C18H21F3N2S2/c1-14-6-11-24-17(25-14,7-9-23-10-8-22-13-23)12-15-2-4-16(5-3-15)18(19,20)21/h2-5,8,10,13-14H,6-7,9,11-12H2,1H3. The maximum Gasteiger partial charge on any atom is 0.416 e. The molecule has 0 aliphatic carbocycles. The second-order valence-electron chi connectivity index (χ2n) is 6.40. The fraction of sp³-hybridized carbons (Fsp3) is 0.500. The molecule has 2 atom stereocenters. The maximum absolute atomic E-state index is 12.8. The van der Waals surface area contributed by atoms with Crippen molar-refractivity contribution in [3.63, 3.8) is 0 Å². The molecule has 2 unspecified atom stereocenters. The molecule has 0 bridgehead atoms. The Morgan fingerprint density at radius 3 is 2.64 bits per heavy atom. The van der Waals surface area contributed by atoms with Gasteiger partial charge in [-0.15, -0.1) is 23.5 Å². The summed E-state index contributed by atoms with van der Waals surface area (Å²) in [4.78, 5) is 4.08. The third kappa shape index (κ3) is 4.97. The van der Waals surface area contributed by atoms with Gasteiger partial charge in [0.1, 0.15) is 0 Å². The summed E-state index contributed by atoms with van der Waals surface area (Å²) in [5, 5.41) is 0.568. The van der Waals surface area contributed by atoms with Gasteiger partial charge in [-0.1, -0.05) is 19.1 Å². The third-order valence-corrected chi connectivity index (χ3v) is 7.74. The third-order valence-electron chi connectivity index (χ3n) is 4.37. The Kier molecular flexibility index (Phi) is 5.73. The SMILES string of the molecule is CC1CCSC(CCn2ccnc2)(Cc2ccc(C(F)(F)F)cc2)S1. The van der Waals surface area contributed by atoms with Crippen LogP contribution < -0.4 is 0 Å². The molecule has 7 heteroatoms. The van der Waals surface area contributed by atoms with E-state index in [0.717, 1.165) is 30.7 Å². The first kappa shape index (κ1) is 18.7. The summed E-state index contributed by atoms with van der Waals surface area (Å²) in [6.45, 7) is 3.11. The van der Waals surface area contributed by atoms with E-state index in [1.54, 1.807) is 18.3 Å². The van der Waals surface area contributed by atoms with Gasteiger partial charge in [0.05, 0.1) is 16.0 Å². The Bertz CT molecular complexity index is 671. The van der Waals surface area contributed by atoms with E-state index in [1.807, 2.05) is 36.0 Å². The van der Waals surface area contributed by atoms with E-state index in [4.69, 9.17) is 0 Å². The van der Waals surface area contributed by atoms with E-state index in [0.29, 0.717) is 5.25 Å². The van der Waals surface area contributed by atoms with E-state index >= 15 is 0 Å². The highest BCUT2D eigenvalue weighted by molar-refractivity contribution is 8.19. The summed E-state index contributed by atoms with van der Waals surface area (Å²) in [5.74, 6) is 1.10. The van der Waals surface area contributed by atoms with E-state index in [1.165, 1.54) is 18.6 Å². The van der Waals surface area contributed by atoms with Gasteiger partial charge in [-0.25, -0.2) is 4.98 Å². The molecule has 2 aromatic rings. The number of halogens is 3. The molecular formula is C18H21F3N2S2. The van der Waals surface area contributed by atoms with E-state index in [2.05, 4.69) is 16.5 Å². The van der Waals surface area contributed by atoms with Crippen molar-refractivity contribution in [1.82, 2.24) is 9.55 Å². The van der Waals surface area contributed by atoms with Crippen LogP contribution in [-0.2, 0) is 19.1 Å². The number of alkyl halides is 3. The highest BCUT2D eigenvalue weighted by Crippen LogP contribution is 2.50. The molecule has 0 radical (unpaired) electrons. The van der Waals surface area contributed by atoms with Crippen molar-refractivity contribution >= 4 is 23.5 Å². The molecule has 0 spiro atoms. The molecule has 1 fully saturated rings. The van der Waals surface area contributed by atoms with Crippen LogP contribution in [0.4, 0.5) is 13.2 Å². The fourth-order valence-corrected chi connectivity index (χ4v) is 6.96. The van der Waals surface area contributed by atoms with Gasteiger partial charge in [-0.3, -0.25) is 0 Å². The summed E-state index contributed by atoms with van der Waals surface area (Å²) >= 11 is 3.92. The zero-order valence-electron chi connectivity index (χ0n) is 14.0. The molecule has 2 heterocycles. The zero-order valence-corrected chi connectivity index (χ0v) is 15.6. The van der Waals surface area contributed by atoms with Crippen molar-refractivity contribution < 1.29 is 13.2 Å². The van der Waals surface area contributed by atoms with Gasteiger partial charge in [0.15, 0.2) is 0 Å². The molecule has 1 saturated heterocycles. The smallest absolute Gasteiger partial charge is 0.337 e. The molecule has 1 aliphatic rings. The first-order chi connectivity index (χ1) is 11.9. The molecule has 136 valence electrons. The van der Waals surface area contributed by atoms with E-state index in [9.17, 15) is 13.2 Å². The number of nitrogens with zero attached hydrogens (tertiary/aromatic N) is 2. The van der Waals surface area contributed by atoms with Crippen molar-refractivity contribution in [3.8, 4) is 0 Å². The molecule has 3 rings (SSSR count). The molecule has 0 N–H and O–H groups in total. The minimum absolute atomic E-state index is 0.00167. The predicted octanol–water partition coefficient (Wildman–Crippen LogP) is 5.49. The summed E-state index contributed by atoms with van der Waals surface area (Å²) < 4.78 is 40.4. The van der Waals surface area contributed by atoms with Crippen LogP contribution >= 0.6 is 23.5 Å². The van der Waals surface area contributed by atoms with Crippen LogP contribution in [-0.4, -0.2) is 24.6 Å². The average Bonchev–Trinajstić information content (AvgIpc) is 3.06. The number of aromatic nitrogens is 2. The number of hydrogen-bond donors (Lipinski definition) is 0. The van der Waals surface area contributed by atoms with Crippen LogP contribution in [0.3, 0.4) is 0 Å². The lowest BCUT2D eigenvalue weighted by Gasteiger charge is -2.39. The van der Waals surface area contributed by atoms with Crippen molar-refractivity contribution in [1.29, 1.82) is 0 Å². The minimum Gasteiger partial charge on any atom is -0.337 e. The van der Waals surface area contributed by atoms with Crippen LogP contribution in [0, 0.1) is 0 Å². The second-order valence-corrected chi connectivity index (χ2v) is 9.96. The van der Waals surface area contributed by atoms with Gasteiger partial charge in [0, 0.05) is 24.2 Å². The molecule has 0 saturated carbocycles. The molecule has 2 nitrogen and oxygen atoms in total. The van der Waals surface area contributed by atoms with Crippen molar-refractivity contribution in [3.05, 3.63) is 54.1 Å². The maximum atomic E-state index is 12.8. The van der Waals surface area contributed by atoms with Crippen LogP contribution in [0.2, 0.25) is 0 Å². The Balaban J connectivity index is 1.75. The number of rotatable bonds is 5. The fourth-order valence-electron chi connectivity index (χ4n) is 3.02. The van der Waals surface area contributed by atoms with E-state index < -0.39 is 11.7 Å². The molecular weight excluding hydrogens is 365 g/mol. The van der Waals surface area contributed by atoms with Gasteiger partial charge < -0.3 is 4.57 Å². The highest BCUT2D eigenvalue weighted by atomic mass is 32.2. The molecule has 1 aliphatic heterocycles. The monoisotopic (exact) mass is 386 g/mol. The predicted molar refractivity (Wildman–Crippen MR) is 98.9 cm³/mol. The second kappa shape index (κ2) is 7.66. The number of imidazole rings is 1. The first-order valence-corrected chi connectivity index (χ1v) is 10.2. The van der Waals surface area contributed by atoms with Crippen LogP contribution in [0.25, 0.3) is 0 Å². The van der Waals surface area contributed by atoms with Crippen molar-refractivity contribution in [2.75, 3.05) is 5.75 Å². The number of benzene rings is 1. The molecule has 25 heavy (non-hydrogen) atoms. The zero-order chi connectivity index (χ0) is 17.9. The molecule has 0 amide bonds. The number of hydrogen-bond acceptors (Lipinski definition) is 3. The summed E-state index contributed by atoms with van der Waals surface area (Å²) in [5.41, 5.74) is 0.383. The van der Waals surface area contributed by atoms with Gasteiger partial charge >= 0.3 is 6.18 Å². The van der Waals surface area contributed by atoms with Gasteiger partial charge in [0.25, 0.3) is 0 Å². The van der Waals surface area contributed by atoms with Crippen LogP contribution in [0.1, 0.15) is 30.9 Å². The Morgan fingerprint density at radius 2 is 2.04 bits per heavy atom. The van der Waals surface area contributed by atoms with Crippen molar-refractivity contribution in [2.45, 2.75) is 48.2 Å². The van der Waals surface area contributed by atoms with Crippen molar-refractivity contribution in [2.24, 2.45) is 0 Å². The Labute approximate surface area is 154 Å². The highest BCUT2D eigenvalue weighted by Gasteiger charge is 2.37. The lowest BCUT2D eigenvalue weighted by Crippen LogP contribution is -2.32. The van der Waals surface area contributed by atoms with Gasteiger partial charge in [-0.05, 0) is 42.7 Å². The summed E-state index contributed by atoms with van der Waals surface area (Å²) in [6.07, 6.45) is 4.17. The quantitative estimate of drug-likeness (QED) is 0.677. The first-order valence-electron chi connectivity index (χ1n) is 8.30. The van der Waals surface area contributed by atoms with Gasteiger partial charge in [-0.2, -0.15) is 13.2 Å². The summed E-state index contributed by atoms with van der Waals surface area (Å²) in [6, 6.07) is 5.64. The molecule has 1 aromatic carbocycles. The normalized spacial score (nSPS) is 24.4. The number of thioether (sulfide) groups is 2. The lowest BCUT2D eigenvalue weighted by atomic mass is 10.0. The number of aryl methyl sites for hydroxylation is 1. The van der Waals surface area contributed by atoms with Gasteiger partial charge in [0.2, 0.25) is 0 Å². The topological polar surface area (TPSA) is 17.8 Å². The Morgan fingerprint density at radius 1 is 1.28 bits per heavy atom. The average molecular weight is 387 g/mol. The van der Waals surface area contributed by atoms with Crippen LogP contribution in [0.15, 0.2) is 43.0 Å². The van der Waals surface area contributed by atoms with E-state index in [-0.39, 0.29) is 4.08 Å².